The summed E-state index contributed by atoms with van der Waals surface area (Å²) >= 11 is 0. The predicted molar refractivity (Wildman–Crippen MR) is 135 cm³/mol. The van der Waals surface area contributed by atoms with Crippen LogP contribution in [0.3, 0.4) is 0 Å². The van der Waals surface area contributed by atoms with Crippen molar-refractivity contribution in [2.45, 2.75) is 25.7 Å². The molecule has 4 nitrogen and oxygen atoms in total. The summed E-state index contributed by atoms with van der Waals surface area (Å²) in [6.07, 6.45) is 0. The molecule has 1 atom stereocenters. The number of benzene rings is 4. The van der Waals surface area contributed by atoms with E-state index in [2.05, 4.69) is 53.8 Å². The molecular formula is C28H30NO3P. The Balaban J connectivity index is 1.84. The number of fused-ring (bicyclic) bond motifs is 1. The highest BCUT2D eigenvalue weighted by Gasteiger charge is 2.39. The summed E-state index contributed by atoms with van der Waals surface area (Å²) in [5.41, 5.74) is 3.03. The van der Waals surface area contributed by atoms with Crippen LogP contribution in [0.25, 0.3) is 10.8 Å². The maximum atomic E-state index is 14.1. The Morgan fingerprint density at radius 2 is 1.18 bits per heavy atom. The van der Waals surface area contributed by atoms with Crippen molar-refractivity contribution in [3.63, 3.8) is 0 Å². The molecule has 1 unspecified atom stereocenters. The molecule has 4 aromatic carbocycles. The second kappa shape index (κ2) is 10.9. The quantitative estimate of drug-likeness (QED) is 0.250. The van der Waals surface area contributed by atoms with Gasteiger partial charge < -0.3 is 9.05 Å². The Morgan fingerprint density at radius 1 is 0.667 bits per heavy atom. The van der Waals surface area contributed by atoms with Crippen LogP contribution in [0.5, 0.6) is 0 Å². The Morgan fingerprint density at radius 3 is 1.73 bits per heavy atom. The minimum absolute atomic E-state index is 0.196. The van der Waals surface area contributed by atoms with Crippen LogP contribution in [0.4, 0.5) is 0 Å². The van der Waals surface area contributed by atoms with Crippen molar-refractivity contribution >= 4 is 18.4 Å². The van der Waals surface area contributed by atoms with E-state index in [1.165, 1.54) is 0 Å². The third kappa shape index (κ3) is 5.43. The van der Waals surface area contributed by atoms with Gasteiger partial charge in [-0.05, 0) is 47.4 Å². The maximum absolute atomic E-state index is 14.1. The molecule has 0 saturated heterocycles. The van der Waals surface area contributed by atoms with Crippen LogP contribution in [-0.4, -0.2) is 13.2 Å². The fraction of sp³-hybridized carbons (Fsp3) is 0.214. The largest absolute Gasteiger partial charge is 0.351 e. The molecule has 0 fully saturated rings. The molecule has 4 aromatic rings. The van der Waals surface area contributed by atoms with Crippen LogP contribution >= 0.6 is 7.60 Å². The summed E-state index contributed by atoms with van der Waals surface area (Å²) in [5.74, 6) is -0.646. The number of hydrogen-bond acceptors (Lipinski definition) is 4. The lowest BCUT2D eigenvalue weighted by atomic mass is 9.98. The van der Waals surface area contributed by atoms with E-state index in [9.17, 15) is 4.57 Å². The lowest BCUT2D eigenvalue weighted by Gasteiger charge is -2.32. The molecule has 0 aliphatic carbocycles. The van der Waals surface area contributed by atoms with Crippen LogP contribution in [0.15, 0.2) is 103 Å². The topological polar surface area (TPSA) is 47.6 Å². The summed E-state index contributed by atoms with van der Waals surface area (Å²) in [4.78, 5) is 0. The van der Waals surface area contributed by atoms with Crippen molar-refractivity contribution in [1.29, 1.82) is 0 Å². The van der Waals surface area contributed by atoms with Gasteiger partial charge >= 0.3 is 7.60 Å². The van der Waals surface area contributed by atoms with Crippen LogP contribution in [0.1, 0.15) is 42.4 Å². The van der Waals surface area contributed by atoms with Gasteiger partial charge in [0, 0.05) is 0 Å². The molecule has 0 radical (unpaired) electrons. The first-order valence-electron chi connectivity index (χ1n) is 11.4. The van der Waals surface area contributed by atoms with Gasteiger partial charge in [-0.25, -0.2) is 0 Å². The van der Waals surface area contributed by atoms with Crippen LogP contribution in [-0.2, 0) is 13.6 Å². The summed E-state index contributed by atoms with van der Waals surface area (Å²) < 4.78 is 25.8. The third-order valence-electron chi connectivity index (χ3n) is 5.61. The fourth-order valence-electron chi connectivity index (χ4n) is 4.13. The lowest BCUT2D eigenvalue weighted by molar-refractivity contribution is 0.206. The van der Waals surface area contributed by atoms with Crippen molar-refractivity contribution in [2.24, 2.45) is 0 Å². The van der Waals surface area contributed by atoms with E-state index in [4.69, 9.17) is 9.05 Å². The summed E-state index contributed by atoms with van der Waals surface area (Å²) in [5, 5.41) is 5.88. The molecule has 5 heteroatoms. The van der Waals surface area contributed by atoms with Gasteiger partial charge in [-0.1, -0.05) is 97.1 Å². The SMILES string of the molecule is CCOP(=O)(OCC)C(NC(c1ccccc1)c1ccccc1)c1ccc2ccccc2c1. The first kappa shape index (κ1) is 23.4. The number of nitrogens with one attached hydrogen (secondary N) is 1. The third-order valence-corrected chi connectivity index (χ3v) is 7.93. The molecule has 33 heavy (non-hydrogen) atoms. The Hall–Kier alpha value is -2.75. The van der Waals surface area contributed by atoms with Crippen molar-refractivity contribution in [3.05, 3.63) is 120 Å². The van der Waals surface area contributed by atoms with Gasteiger partial charge in [0.15, 0.2) is 0 Å². The van der Waals surface area contributed by atoms with Gasteiger partial charge in [-0.15, -0.1) is 0 Å². The van der Waals surface area contributed by atoms with Crippen LogP contribution in [0.2, 0.25) is 0 Å². The average molecular weight is 460 g/mol. The van der Waals surface area contributed by atoms with Crippen molar-refractivity contribution in [1.82, 2.24) is 5.32 Å². The Kier molecular flexibility index (Phi) is 7.74. The molecule has 0 spiro atoms. The molecular weight excluding hydrogens is 429 g/mol. The van der Waals surface area contributed by atoms with Crippen molar-refractivity contribution < 1.29 is 13.6 Å². The highest BCUT2D eigenvalue weighted by atomic mass is 31.2. The summed E-state index contributed by atoms with van der Waals surface area (Å²) in [6, 6.07) is 34.5. The highest BCUT2D eigenvalue weighted by Crippen LogP contribution is 2.60. The molecule has 0 heterocycles. The average Bonchev–Trinajstić information content (AvgIpc) is 2.85. The Bertz CT molecular complexity index is 1160. The second-order valence-electron chi connectivity index (χ2n) is 7.81. The zero-order chi connectivity index (χ0) is 23.1. The maximum Gasteiger partial charge on any atom is 0.351 e. The zero-order valence-electron chi connectivity index (χ0n) is 19.1. The van der Waals surface area contributed by atoms with E-state index in [0.29, 0.717) is 13.2 Å². The smallest absolute Gasteiger partial charge is 0.308 e. The molecule has 0 aliphatic heterocycles. The van der Waals surface area contributed by atoms with E-state index in [-0.39, 0.29) is 6.04 Å². The van der Waals surface area contributed by atoms with Gasteiger partial charge in [0.1, 0.15) is 5.78 Å². The van der Waals surface area contributed by atoms with Crippen LogP contribution < -0.4 is 5.32 Å². The minimum Gasteiger partial charge on any atom is -0.308 e. The molecule has 0 aromatic heterocycles. The molecule has 4 rings (SSSR count). The molecule has 0 aliphatic rings. The fourth-order valence-corrected chi connectivity index (χ4v) is 6.08. The first-order valence-corrected chi connectivity index (χ1v) is 13.0. The van der Waals surface area contributed by atoms with Gasteiger partial charge in [0.2, 0.25) is 0 Å². The zero-order valence-corrected chi connectivity index (χ0v) is 20.0. The molecule has 0 bridgehead atoms. The van der Waals surface area contributed by atoms with E-state index < -0.39 is 13.4 Å². The van der Waals surface area contributed by atoms with Crippen LogP contribution in [0, 0.1) is 0 Å². The van der Waals surface area contributed by atoms with Gasteiger partial charge in [0.05, 0.1) is 19.3 Å². The first-order chi connectivity index (χ1) is 16.1. The summed E-state index contributed by atoms with van der Waals surface area (Å²) in [7, 11) is -3.54. The molecule has 170 valence electrons. The standard InChI is InChI=1S/C28H30NO3P/c1-3-31-33(30,32-4-2)28(26-20-19-22-13-11-12-18-25(22)21-26)29-27(23-14-7-5-8-15-23)24-16-9-6-10-17-24/h5-21,27-29H,3-4H2,1-2H3. The van der Waals surface area contributed by atoms with E-state index in [1.807, 2.05) is 68.4 Å². The van der Waals surface area contributed by atoms with Gasteiger partial charge in [-0.3, -0.25) is 9.88 Å². The molecule has 0 saturated carbocycles. The number of hydrogen-bond donors (Lipinski definition) is 1. The van der Waals surface area contributed by atoms with Gasteiger partial charge in [0.25, 0.3) is 0 Å². The second-order valence-corrected chi connectivity index (χ2v) is 9.92. The van der Waals surface area contributed by atoms with E-state index in [0.717, 1.165) is 27.5 Å². The lowest BCUT2D eigenvalue weighted by Crippen LogP contribution is -2.29. The predicted octanol–water partition coefficient (Wildman–Crippen LogP) is 7.48. The monoisotopic (exact) mass is 459 g/mol. The van der Waals surface area contributed by atoms with E-state index >= 15 is 0 Å². The Labute approximate surface area is 196 Å². The highest BCUT2D eigenvalue weighted by molar-refractivity contribution is 7.54. The summed E-state index contributed by atoms with van der Waals surface area (Å²) in [6.45, 7) is 4.28. The number of rotatable bonds is 10. The normalized spacial score (nSPS) is 12.8. The van der Waals surface area contributed by atoms with Crippen molar-refractivity contribution in [3.8, 4) is 0 Å². The van der Waals surface area contributed by atoms with Gasteiger partial charge in [-0.2, -0.15) is 0 Å². The van der Waals surface area contributed by atoms with Crippen molar-refractivity contribution in [2.75, 3.05) is 13.2 Å². The molecule has 0 amide bonds. The molecule has 1 N–H and O–H groups in total. The minimum atomic E-state index is -3.54. The van der Waals surface area contributed by atoms with E-state index in [1.54, 1.807) is 0 Å².